The number of nitrogens with one attached hydrogen (secondary N) is 1. The first kappa shape index (κ1) is 20.4. The Morgan fingerprint density at radius 2 is 1.87 bits per heavy atom. The Hall–Kier alpha value is -2.84. The molecule has 0 amide bonds. The molecule has 0 bridgehead atoms. The van der Waals surface area contributed by atoms with E-state index in [-0.39, 0.29) is 0 Å². The second-order valence-electron chi connectivity index (χ2n) is 8.37. The standard InChI is InChI=1S/C25H31N5/c1-27-25(28-17-21-11-9-20(16-26)10-12-21)30-15-13-24-23(19-30)8-5-14-29(24)18-22-6-3-2-4-7-22/h2-4,6-7,9-12,23-24H,5,8,13-15,17-19H2,1H3,(H,27,28). The first-order valence-corrected chi connectivity index (χ1v) is 11.0. The molecule has 0 aromatic heterocycles. The summed E-state index contributed by atoms with van der Waals surface area (Å²) in [6, 6.07) is 21.5. The largest absolute Gasteiger partial charge is 0.352 e. The lowest BCUT2D eigenvalue weighted by atomic mass is 9.83. The summed E-state index contributed by atoms with van der Waals surface area (Å²) in [6.07, 6.45) is 3.77. The van der Waals surface area contributed by atoms with E-state index in [1.165, 1.54) is 31.4 Å². The van der Waals surface area contributed by atoms with Gasteiger partial charge in [-0.3, -0.25) is 9.89 Å². The number of aliphatic imine (C=N–C) groups is 1. The highest BCUT2D eigenvalue weighted by atomic mass is 15.3. The lowest BCUT2D eigenvalue weighted by Gasteiger charge is -2.48. The zero-order valence-corrected chi connectivity index (χ0v) is 17.8. The van der Waals surface area contributed by atoms with Crippen molar-refractivity contribution < 1.29 is 0 Å². The van der Waals surface area contributed by atoms with Gasteiger partial charge in [0, 0.05) is 39.3 Å². The summed E-state index contributed by atoms with van der Waals surface area (Å²) in [7, 11) is 1.87. The van der Waals surface area contributed by atoms with Crippen LogP contribution in [0.4, 0.5) is 0 Å². The fourth-order valence-corrected chi connectivity index (χ4v) is 4.92. The van der Waals surface area contributed by atoms with Crippen LogP contribution in [0.5, 0.6) is 0 Å². The third-order valence-corrected chi connectivity index (χ3v) is 6.46. The predicted molar refractivity (Wildman–Crippen MR) is 121 cm³/mol. The van der Waals surface area contributed by atoms with E-state index in [2.05, 4.69) is 56.5 Å². The summed E-state index contributed by atoms with van der Waals surface area (Å²) >= 11 is 0. The van der Waals surface area contributed by atoms with Gasteiger partial charge in [0.2, 0.25) is 0 Å². The first-order valence-electron chi connectivity index (χ1n) is 11.0. The Balaban J connectivity index is 1.34. The summed E-state index contributed by atoms with van der Waals surface area (Å²) in [5.74, 6) is 1.68. The number of rotatable bonds is 4. The number of likely N-dealkylation sites (tertiary alicyclic amines) is 2. The molecule has 5 nitrogen and oxygen atoms in total. The van der Waals surface area contributed by atoms with Gasteiger partial charge in [-0.05, 0) is 55.0 Å². The maximum absolute atomic E-state index is 8.96. The van der Waals surface area contributed by atoms with Crippen molar-refractivity contribution >= 4 is 5.96 Å². The molecule has 2 saturated heterocycles. The Morgan fingerprint density at radius 1 is 1.07 bits per heavy atom. The van der Waals surface area contributed by atoms with Gasteiger partial charge in [-0.25, -0.2) is 0 Å². The van der Waals surface area contributed by atoms with Crippen molar-refractivity contribution in [2.75, 3.05) is 26.7 Å². The van der Waals surface area contributed by atoms with Gasteiger partial charge in [-0.15, -0.1) is 0 Å². The molecule has 1 N–H and O–H groups in total. The van der Waals surface area contributed by atoms with Gasteiger partial charge in [-0.2, -0.15) is 5.26 Å². The van der Waals surface area contributed by atoms with Gasteiger partial charge < -0.3 is 10.2 Å². The van der Waals surface area contributed by atoms with E-state index in [9.17, 15) is 0 Å². The maximum atomic E-state index is 8.96. The number of piperidine rings is 2. The Bertz CT molecular complexity index is 884. The molecular weight excluding hydrogens is 370 g/mol. The third-order valence-electron chi connectivity index (χ3n) is 6.46. The number of hydrogen-bond donors (Lipinski definition) is 1. The van der Waals surface area contributed by atoms with Crippen molar-refractivity contribution in [1.29, 1.82) is 5.26 Å². The topological polar surface area (TPSA) is 54.7 Å². The molecule has 2 unspecified atom stereocenters. The quantitative estimate of drug-likeness (QED) is 0.628. The van der Waals surface area contributed by atoms with Gasteiger partial charge in [0.1, 0.15) is 0 Å². The van der Waals surface area contributed by atoms with Crippen LogP contribution in [-0.2, 0) is 13.1 Å². The van der Waals surface area contributed by atoms with Crippen molar-refractivity contribution in [3.8, 4) is 6.07 Å². The zero-order valence-electron chi connectivity index (χ0n) is 17.8. The maximum Gasteiger partial charge on any atom is 0.193 e. The molecule has 156 valence electrons. The van der Waals surface area contributed by atoms with Gasteiger partial charge in [0.25, 0.3) is 0 Å². The highest BCUT2D eigenvalue weighted by Gasteiger charge is 2.36. The van der Waals surface area contributed by atoms with E-state index in [0.717, 1.165) is 37.7 Å². The Kier molecular flexibility index (Phi) is 6.66. The van der Waals surface area contributed by atoms with E-state index in [0.29, 0.717) is 17.5 Å². The molecule has 2 aromatic carbocycles. The highest BCUT2D eigenvalue weighted by molar-refractivity contribution is 5.80. The minimum Gasteiger partial charge on any atom is -0.352 e. The van der Waals surface area contributed by atoms with Gasteiger partial charge >= 0.3 is 0 Å². The van der Waals surface area contributed by atoms with Crippen LogP contribution >= 0.6 is 0 Å². The zero-order chi connectivity index (χ0) is 20.8. The van der Waals surface area contributed by atoms with Crippen LogP contribution in [0.3, 0.4) is 0 Å². The van der Waals surface area contributed by atoms with E-state index < -0.39 is 0 Å². The number of nitriles is 1. The molecule has 2 heterocycles. The predicted octanol–water partition coefficient (Wildman–Crippen LogP) is 3.62. The van der Waals surface area contributed by atoms with E-state index in [4.69, 9.17) is 5.26 Å². The molecule has 2 aliphatic heterocycles. The fourth-order valence-electron chi connectivity index (χ4n) is 4.92. The van der Waals surface area contributed by atoms with Crippen LogP contribution in [0.25, 0.3) is 0 Å². The molecule has 0 aliphatic carbocycles. The molecule has 0 radical (unpaired) electrons. The lowest BCUT2D eigenvalue weighted by molar-refractivity contribution is 0.0372. The van der Waals surface area contributed by atoms with E-state index in [1.54, 1.807) is 0 Å². The molecule has 2 atom stereocenters. The van der Waals surface area contributed by atoms with Crippen molar-refractivity contribution in [2.24, 2.45) is 10.9 Å². The highest BCUT2D eigenvalue weighted by Crippen LogP contribution is 2.31. The van der Waals surface area contributed by atoms with Crippen LogP contribution < -0.4 is 5.32 Å². The smallest absolute Gasteiger partial charge is 0.193 e. The van der Waals surface area contributed by atoms with E-state index in [1.807, 2.05) is 31.3 Å². The summed E-state index contributed by atoms with van der Waals surface area (Å²) < 4.78 is 0. The number of hydrogen-bond acceptors (Lipinski definition) is 3. The molecule has 2 aromatic rings. The minimum atomic E-state index is 0.673. The van der Waals surface area contributed by atoms with Crippen LogP contribution in [0, 0.1) is 17.2 Å². The molecule has 0 spiro atoms. The first-order chi connectivity index (χ1) is 14.8. The Labute approximate surface area is 180 Å². The van der Waals surface area contributed by atoms with Crippen LogP contribution in [0.15, 0.2) is 59.6 Å². The summed E-state index contributed by atoms with van der Waals surface area (Å²) in [5, 5.41) is 12.5. The molecule has 30 heavy (non-hydrogen) atoms. The summed E-state index contributed by atoms with van der Waals surface area (Å²) in [5.41, 5.74) is 3.28. The van der Waals surface area contributed by atoms with Gasteiger partial charge in [-0.1, -0.05) is 42.5 Å². The average molecular weight is 402 g/mol. The van der Waals surface area contributed by atoms with Crippen molar-refractivity contribution in [3.05, 3.63) is 71.3 Å². The molecule has 4 rings (SSSR count). The molecule has 0 saturated carbocycles. The van der Waals surface area contributed by atoms with Gasteiger partial charge in [0.15, 0.2) is 5.96 Å². The van der Waals surface area contributed by atoms with E-state index >= 15 is 0 Å². The van der Waals surface area contributed by atoms with Crippen molar-refractivity contribution in [2.45, 2.75) is 38.4 Å². The fraction of sp³-hybridized carbons (Fsp3) is 0.440. The van der Waals surface area contributed by atoms with Crippen molar-refractivity contribution in [1.82, 2.24) is 15.1 Å². The SMILES string of the molecule is CN=C(NCc1ccc(C#N)cc1)N1CCC2C(CCCN2Cc2ccccc2)C1. The third kappa shape index (κ3) is 4.83. The normalized spacial score (nSPS) is 22.3. The summed E-state index contributed by atoms with van der Waals surface area (Å²) in [6.45, 7) is 5.11. The van der Waals surface area contributed by atoms with Gasteiger partial charge in [0.05, 0.1) is 11.6 Å². The average Bonchev–Trinajstić information content (AvgIpc) is 2.80. The summed E-state index contributed by atoms with van der Waals surface area (Å²) in [4.78, 5) is 9.68. The monoisotopic (exact) mass is 401 g/mol. The molecule has 5 heteroatoms. The number of fused-ring (bicyclic) bond motifs is 1. The minimum absolute atomic E-state index is 0.673. The van der Waals surface area contributed by atoms with Crippen LogP contribution in [0.2, 0.25) is 0 Å². The van der Waals surface area contributed by atoms with Crippen LogP contribution in [0.1, 0.15) is 36.0 Å². The Morgan fingerprint density at radius 3 is 2.60 bits per heavy atom. The lowest BCUT2D eigenvalue weighted by Crippen LogP contribution is -2.56. The van der Waals surface area contributed by atoms with Crippen LogP contribution in [-0.4, -0.2) is 48.5 Å². The second-order valence-corrected chi connectivity index (χ2v) is 8.37. The number of benzene rings is 2. The van der Waals surface area contributed by atoms with Crippen molar-refractivity contribution in [3.63, 3.8) is 0 Å². The second kappa shape index (κ2) is 9.77. The molecule has 2 fully saturated rings. The molecular formula is C25H31N5. The number of guanidine groups is 1. The molecule has 2 aliphatic rings. The number of nitrogens with zero attached hydrogens (tertiary/aromatic N) is 4.